The van der Waals surface area contributed by atoms with Crippen molar-refractivity contribution in [2.75, 3.05) is 5.32 Å². The molecule has 4 nitrogen and oxygen atoms in total. The Morgan fingerprint density at radius 3 is 2.84 bits per heavy atom. The number of anilines is 2. The molecule has 2 heterocycles. The van der Waals surface area contributed by atoms with E-state index in [1.165, 1.54) is 0 Å². The molecule has 0 atom stereocenters. The summed E-state index contributed by atoms with van der Waals surface area (Å²) in [6.45, 7) is 0. The molecular weight excluding hydrogens is 351 g/mol. The first kappa shape index (κ1) is 12.7. The first-order valence-electron chi connectivity index (χ1n) is 5.36. The van der Waals surface area contributed by atoms with Crippen molar-refractivity contribution in [3.8, 4) is 0 Å². The molecular formula is C12H7BrCl2N4. The highest BCUT2D eigenvalue weighted by Crippen LogP contribution is 2.25. The second-order valence-corrected chi connectivity index (χ2v) is 5.51. The van der Waals surface area contributed by atoms with Crippen LogP contribution in [0.4, 0.5) is 11.5 Å². The van der Waals surface area contributed by atoms with E-state index >= 15 is 0 Å². The van der Waals surface area contributed by atoms with Crippen LogP contribution in [-0.2, 0) is 0 Å². The van der Waals surface area contributed by atoms with Crippen molar-refractivity contribution in [1.29, 1.82) is 0 Å². The Balaban J connectivity index is 2.10. The Hall–Kier alpha value is -1.30. The van der Waals surface area contributed by atoms with Gasteiger partial charge < -0.3 is 5.32 Å². The van der Waals surface area contributed by atoms with Gasteiger partial charge in [-0.3, -0.25) is 0 Å². The molecule has 3 aromatic rings. The van der Waals surface area contributed by atoms with E-state index in [9.17, 15) is 0 Å². The summed E-state index contributed by atoms with van der Waals surface area (Å²) in [4.78, 5) is 4.21. The molecule has 0 bridgehead atoms. The number of halogens is 3. The van der Waals surface area contributed by atoms with E-state index in [0.29, 0.717) is 21.6 Å². The van der Waals surface area contributed by atoms with Crippen LogP contribution in [0.25, 0.3) is 5.65 Å². The van der Waals surface area contributed by atoms with Crippen molar-refractivity contribution in [3.05, 3.63) is 51.2 Å². The number of hydrogen-bond donors (Lipinski definition) is 1. The molecule has 1 N–H and O–H groups in total. The Morgan fingerprint density at radius 1 is 1.21 bits per heavy atom. The minimum atomic E-state index is 0.387. The van der Waals surface area contributed by atoms with E-state index in [1.54, 1.807) is 16.8 Å². The topological polar surface area (TPSA) is 42.2 Å². The van der Waals surface area contributed by atoms with Gasteiger partial charge in [-0.15, -0.1) is 0 Å². The van der Waals surface area contributed by atoms with Crippen LogP contribution in [0.1, 0.15) is 0 Å². The minimum absolute atomic E-state index is 0.387. The summed E-state index contributed by atoms with van der Waals surface area (Å²) in [5.41, 5.74) is 1.50. The maximum atomic E-state index is 6.01. The second-order valence-electron chi connectivity index (χ2n) is 3.83. The Morgan fingerprint density at radius 2 is 2.05 bits per heavy atom. The van der Waals surface area contributed by atoms with E-state index in [0.717, 1.165) is 10.2 Å². The van der Waals surface area contributed by atoms with Gasteiger partial charge in [-0.2, -0.15) is 9.61 Å². The number of nitrogens with zero attached hydrogens (tertiary/aromatic N) is 3. The fraction of sp³-hybridized carbons (Fsp3) is 0. The summed E-state index contributed by atoms with van der Waals surface area (Å²) in [6, 6.07) is 9.11. The van der Waals surface area contributed by atoms with E-state index in [1.807, 2.05) is 24.3 Å². The molecule has 3 rings (SSSR count). The van der Waals surface area contributed by atoms with E-state index in [2.05, 4.69) is 31.3 Å². The highest BCUT2D eigenvalue weighted by molar-refractivity contribution is 9.10. The van der Waals surface area contributed by atoms with Gasteiger partial charge in [-0.05, 0) is 34.1 Å². The third kappa shape index (κ3) is 2.54. The van der Waals surface area contributed by atoms with Crippen molar-refractivity contribution < 1.29 is 0 Å². The highest BCUT2D eigenvalue weighted by atomic mass is 79.9. The molecule has 0 fully saturated rings. The van der Waals surface area contributed by atoms with Gasteiger partial charge in [0.2, 0.25) is 0 Å². The van der Waals surface area contributed by atoms with Crippen molar-refractivity contribution in [2.24, 2.45) is 0 Å². The molecule has 0 aliphatic heterocycles. The zero-order valence-electron chi connectivity index (χ0n) is 9.44. The van der Waals surface area contributed by atoms with Crippen LogP contribution in [0.3, 0.4) is 0 Å². The average Bonchev–Trinajstić information content (AvgIpc) is 2.71. The van der Waals surface area contributed by atoms with E-state index < -0.39 is 0 Å². The third-order valence-electron chi connectivity index (χ3n) is 2.49. The Labute approximate surface area is 127 Å². The van der Waals surface area contributed by atoms with E-state index in [4.69, 9.17) is 23.2 Å². The molecule has 0 aliphatic rings. The summed E-state index contributed by atoms with van der Waals surface area (Å²) < 4.78 is 2.45. The molecule has 19 heavy (non-hydrogen) atoms. The molecule has 7 heteroatoms. The molecule has 0 amide bonds. The predicted octanol–water partition coefficient (Wildman–Crippen LogP) is 4.54. The molecule has 2 aromatic heterocycles. The summed E-state index contributed by atoms with van der Waals surface area (Å²) in [5.74, 6) is 0.711. The molecule has 0 saturated carbocycles. The highest BCUT2D eigenvalue weighted by Gasteiger charge is 2.09. The lowest BCUT2D eigenvalue weighted by molar-refractivity contribution is 0.947. The van der Waals surface area contributed by atoms with Crippen molar-refractivity contribution in [1.82, 2.24) is 14.6 Å². The molecule has 0 spiro atoms. The lowest BCUT2D eigenvalue weighted by Gasteiger charge is -2.09. The standard InChI is InChI=1S/C12H7BrCl2N4/c13-9-6-16-19-11(5-10(15)18-12(9)19)17-8-3-1-2-7(14)4-8/h1-6,17H. The number of benzene rings is 1. The first-order chi connectivity index (χ1) is 9.13. The van der Waals surface area contributed by atoms with Crippen LogP contribution in [-0.4, -0.2) is 14.6 Å². The molecule has 0 saturated heterocycles. The van der Waals surface area contributed by atoms with Crippen LogP contribution in [0.5, 0.6) is 0 Å². The minimum Gasteiger partial charge on any atom is -0.340 e. The molecule has 96 valence electrons. The molecule has 1 aromatic carbocycles. The first-order valence-corrected chi connectivity index (χ1v) is 6.91. The molecule has 0 radical (unpaired) electrons. The maximum Gasteiger partial charge on any atom is 0.173 e. The number of fused-ring (bicyclic) bond motifs is 1. The van der Waals surface area contributed by atoms with Gasteiger partial charge >= 0.3 is 0 Å². The van der Waals surface area contributed by atoms with Gasteiger partial charge in [-0.1, -0.05) is 29.3 Å². The maximum absolute atomic E-state index is 6.01. The smallest absolute Gasteiger partial charge is 0.173 e. The van der Waals surface area contributed by atoms with Crippen LogP contribution >= 0.6 is 39.1 Å². The van der Waals surface area contributed by atoms with Gasteiger partial charge in [0, 0.05) is 16.8 Å². The summed E-state index contributed by atoms with van der Waals surface area (Å²) in [5, 5.41) is 8.49. The second kappa shape index (κ2) is 5.00. The lowest BCUT2D eigenvalue weighted by Crippen LogP contribution is -2.01. The van der Waals surface area contributed by atoms with Crippen LogP contribution in [0.15, 0.2) is 41.0 Å². The number of hydrogen-bond acceptors (Lipinski definition) is 3. The largest absolute Gasteiger partial charge is 0.340 e. The summed E-state index contributed by atoms with van der Waals surface area (Å²) >= 11 is 15.3. The van der Waals surface area contributed by atoms with Gasteiger partial charge in [0.05, 0.1) is 10.7 Å². The van der Waals surface area contributed by atoms with Gasteiger partial charge in [-0.25, -0.2) is 4.98 Å². The Bertz CT molecular complexity index is 757. The number of aromatic nitrogens is 3. The zero-order chi connectivity index (χ0) is 13.4. The fourth-order valence-corrected chi connectivity index (χ4v) is 2.43. The van der Waals surface area contributed by atoms with Crippen molar-refractivity contribution in [3.63, 3.8) is 0 Å². The molecule has 0 unspecified atom stereocenters. The SMILES string of the molecule is Clc1cccc(Nc2cc(Cl)nc3c(Br)cnn23)c1. The number of nitrogens with one attached hydrogen (secondary N) is 1. The van der Waals surface area contributed by atoms with Crippen LogP contribution in [0.2, 0.25) is 10.2 Å². The van der Waals surface area contributed by atoms with Gasteiger partial charge in [0.15, 0.2) is 5.65 Å². The summed E-state index contributed by atoms with van der Waals surface area (Å²) in [6.07, 6.45) is 1.67. The van der Waals surface area contributed by atoms with Gasteiger partial charge in [0.1, 0.15) is 11.0 Å². The summed E-state index contributed by atoms with van der Waals surface area (Å²) in [7, 11) is 0. The van der Waals surface area contributed by atoms with Crippen LogP contribution < -0.4 is 5.32 Å². The zero-order valence-corrected chi connectivity index (χ0v) is 12.5. The van der Waals surface area contributed by atoms with Crippen molar-refractivity contribution >= 4 is 56.3 Å². The number of rotatable bonds is 2. The predicted molar refractivity (Wildman–Crippen MR) is 80.4 cm³/mol. The fourth-order valence-electron chi connectivity index (χ4n) is 1.71. The quantitative estimate of drug-likeness (QED) is 0.684. The third-order valence-corrected chi connectivity index (χ3v) is 3.48. The van der Waals surface area contributed by atoms with Crippen LogP contribution in [0, 0.1) is 0 Å². The Kier molecular flexibility index (Phi) is 3.35. The molecule has 0 aliphatic carbocycles. The van der Waals surface area contributed by atoms with Gasteiger partial charge in [0.25, 0.3) is 0 Å². The normalized spacial score (nSPS) is 10.9. The van der Waals surface area contributed by atoms with E-state index in [-0.39, 0.29) is 0 Å². The monoisotopic (exact) mass is 356 g/mol. The lowest BCUT2D eigenvalue weighted by atomic mass is 10.3. The average molecular weight is 358 g/mol. The van der Waals surface area contributed by atoms with Crippen molar-refractivity contribution in [2.45, 2.75) is 0 Å².